The summed E-state index contributed by atoms with van der Waals surface area (Å²) in [7, 11) is 1.74. The molecule has 1 aliphatic carbocycles. The summed E-state index contributed by atoms with van der Waals surface area (Å²) in [5, 5.41) is 5.92. The van der Waals surface area contributed by atoms with Crippen LogP contribution >= 0.6 is 11.3 Å². The Morgan fingerprint density at radius 1 is 1.30 bits per heavy atom. The zero-order chi connectivity index (χ0) is 13.9. The van der Waals surface area contributed by atoms with Gasteiger partial charge in [0.2, 0.25) is 0 Å². The van der Waals surface area contributed by atoms with Crippen LogP contribution in [0.4, 0.5) is 0 Å². The van der Waals surface area contributed by atoms with E-state index in [2.05, 4.69) is 48.0 Å². The summed E-state index contributed by atoms with van der Waals surface area (Å²) in [4.78, 5) is 1.42. The van der Waals surface area contributed by atoms with E-state index in [-0.39, 0.29) is 0 Å². The van der Waals surface area contributed by atoms with Crippen molar-refractivity contribution in [3.05, 3.63) is 51.7 Å². The highest BCUT2D eigenvalue weighted by Crippen LogP contribution is 2.27. The summed E-state index contributed by atoms with van der Waals surface area (Å²) in [6.45, 7) is 2.26. The van der Waals surface area contributed by atoms with Crippen LogP contribution in [0.15, 0.2) is 35.7 Å². The van der Waals surface area contributed by atoms with Crippen LogP contribution in [0.5, 0.6) is 5.75 Å². The Hall–Kier alpha value is -1.32. The third kappa shape index (κ3) is 2.89. The summed E-state index contributed by atoms with van der Waals surface area (Å²) in [6.07, 6.45) is 3.48. The van der Waals surface area contributed by atoms with Crippen LogP contribution < -0.4 is 10.1 Å². The van der Waals surface area contributed by atoms with E-state index in [0.29, 0.717) is 12.1 Å². The number of ether oxygens (including phenoxy) is 1. The smallest absolute Gasteiger partial charge is 0.119 e. The Morgan fingerprint density at radius 2 is 2.20 bits per heavy atom. The number of hydrogen-bond donors (Lipinski definition) is 1. The highest BCUT2D eigenvalue weighted by atomic mass is 32.1. The number of nitrogens with one attached hydrogen (secondary N) is 1. The first-order valence-electron chi connectivity index (χ1n) is 7.21. The SMILES string of the molecule is COc1ccc2c(c1)CC(N[C@H](C)c1cccs1)CC2. The molecule has 2 atom stereocenters. The van der Waals surface area contributed by atoms with Crippen molar-refractivity contribution in [3.63, 3.8) is 0 Å². The van der Waals surface area contributed by atoms with E-state index in [0.717, 1.165) is 18.6 Å². The number of rotatable bonds is 4. The molecule has 0 bridgehead atoms. The first-order chi connectivity index (χ1) is 9.76. The molecule has 3 heteroatoms. The Balaban J connectivity index is 1.68. The maximum Gasteiger partial charge on any atom is 0.119 e. The van der Waals surface area contributed by atoms with E-state index in [4.69, 9.17) is 4.74 Å². The molecule has 2 aromatic rings. The number of benzene rings is 1. The maximum atomic E-state index is 5.34. The molecule has 1 unspecified atom stereocenters. The molecule has 0 fully saturated rings. The zero-order valence-corrected chi connectivity index (χ0v) is 12.9. The van der Waals surface area contributed by atoms with Gasteiger partial charge in [0.1, 0.15) is 5.75 Å². The summed E-state index contributed by atoms with van der Waals surface area (Å²) >= 11 is 1.83. The monoisotopic (exact) mass is 287 g/mol. The lowest BCUT2D eigenvalue weighted by Gasteiger charge is -2.28. The zero-order valence-electron chi connectivity index (χ0n) is 12.1. The van der Waals surface area contributed by atoms with Crippen LogP contribution in [0.3, 0.4) is 0 Å². The molecule has 0 radical (unpaired) electrons. The topological polar surface area (TPSA) is 21.3 Å². The third-order valence-electron chi connectivity index (χ3n) is 4.10. The van der Waals surface area contributed by atoms with Crippen molar-refractivity contribution in [1.29, 1.82) is 0 Å². The largest absolute Gasteiger partial charge is 0.497 e. The molecule has 1 aliphatic rings. The van der Waals surface area contributed by atoms with Gasteiger partial charge >= 0.3 is 0 Å². The van der Waals surface area contributed by atoms with Gasteiger partial charge in [0, 0.05) is 17.0 Å². The fourth-order valence-corrected chi connectivity index (χ4v) is 3.72. The molecule has 0 saturated heterocycles. The van der Waals surface area contributed by atoms with E-state index in [9.17, 15) is 0 Å². The first-order valence-corrected chi connectivity index (χ1v) is 8.09. The lowest BCUT2D eigenvalue weighted by atomic mass is 9.88. The van der Waals surface area contributed by atoms with E-state index >= 15 is 0 Å². The quantitative estimate of drug-likeness (QED) is 0.919. The molecule has 1 N–H and O–H groups in total. The normalized spacial score (nSPS) is 19.4. The second kappa shape index (κ2) is 5.98. The lowest BCUT2D eigenvalue weighted by Crippen LogP contribution is -2.36. The fourth-order valence-electron chi connectivity index (χ4n) is 2.98. The molecule has 0 spiro atoms. The van der Waals surface area contributed by atoms with Crippen molar-refractivity contribution in [2.75, 3.05) is 7.11 Å². The van der Waals surface area contributed by atoms with E-state index in [1.165, 1.54) is 22.4 Å². The Kier molecular flexibility index (Phi) is 4.08. The van der Waals surface area contributed by atoms with E-state index in [1.54, 1.807) is 7.11 Å². The Labute approximate surface area is 124 Å². The molecule has 20 heavy (non-hydrogen) atoms. The van der Waals surface area contributed by atoms with Gasteiger partial charge in [0.25, 0.3) is 0 Å². The van der Waals surface area contributed by atoms with Crippen molar-refractivity contribution in [1.82, 2.24) is 5.32 Å². The average Bonchev–Trinajstić information content (AvgIpc) is 3.00. The molecule has 0 saturated carbocycles. The van der Waals surface area contributed by atoms with Gasteiger partial charge in [-0.25, -0.2) is 0 Å². The molecule has 1 aromatic carbocycles. The molecular formula is C17H21NOS. The molecular weight excluding hydrogens is 266 g/mol. The van der Waals surface area contributed by atoms with Crippen LogP contribution in [-0.4, -0.2) is 13.2 Å². The molecule has 106 valence electrons. The predicted octanol–water partition coefficient (Wildman–Crippen LogP) is 3.96. The predicted molar refractivity (Wildman–Crippen MR) is 84.7 cm³/mol. The van der Waals surface area contributed by atoms with Gasteiger partial charge in [-0.15, -0.1) is 11.3 Å². The molecule has 1 aromatic heterocycles. The van der Waals surface area contributed by atoms with Crippen molar-refractivity contribution < 1.29 is 4.74 Å². The van der Waals surface area contributed by atoms with Crippen molar-refractivity contribution in [3.8, 4) is 5.75 Å². The Bertz CT molecular complexity index is 564. The minimum absolute atomic E-state index is 0.437. The average molecular weight is 287 g/mol. The standard InChI is InChI=1S/C17H21NOS/c1-12(17-4-3-9-20-17)18-15-7-5-13-6-8-16(19-2)11-14(13)10-15/h3-4,6,8-9,11-12,15,18H,5,7,10H2,1-2H3/t12-,15?/m1/s1. The summed E-state index contributed by atoms with van der Waals surface area (Å²) < 4.78 is 5.34. The van der Waals surface area contributed by atoms with Crippen LogP contribution in [-0.2, 0) is 12.8 Å². The van der Waals surface area contributed by atoms with E-state index in [1.807, 2.05) is 11.3 Å². The number of hydrogen-bond acceptors (Lipinski definition) is 3. The molecule has 2 nitrogen and oxygen atoms in total. The van der Waals surface area contributed by atoms with E-state index < -0.39 is 0 Å². The second-order valence-corrected chi connectivity index (χ2v) is 6.46. The summed E-state index contributed by atoms with van der Waals surface area (Å²) in [5.41, 5.74) is 2.92. The summed E-state index contributed by atoms with van der Waals surface area (Å²) in [6, 6.07) is 11.8. The van der Waals surface area contributed by atoms with Gasteiger partial charge in [-0.2, -0.15) is 0 Å². The summed E-state index contributed by atoms with van der Waals surface area (Å²) in [5.74, 6) is 0.968. The number of methoxy groups -OCH3 is 1. The van der Waals surface area contributed by atoms with Gasteiger partial charge in [0.15, 0.2) is 0 Å². The first kappa shape index (κ1) is 13.7. The number of thiophene rings is 1. The lowest BCUT2D eigenvalue weighted by molar-refractivity contribution is 0.404. The van der Waals surface area contributed by atoms with Gasteiger partial charge in [0.05, 0.1) is 7.11 Å². The maximum absolute atomic E-state index is 5.34. The third-order valence-corrected chi connectivity index (χ3v) is 5.15. The van der Waals surface area contributed by atoms with Crippen LogP contribution in [0.1, 0.15) is 35.4 Å². The number of fused-ring (bicyclic) bond motifs is 1. The molecule has 1 heterocycles. The van der Waals surface area contributed by atoms with Crippen molar-refractivity contribution >= 4 is 11.3 Å². The highest BCUT2D eigenvalue weighted by molar-refractivity contribution is 7.10. The van der Waals surface area contributed by atoms with Crippen LogP contribution in [0.2, 0.25) is 0 Å². The highest BCUT2D eigenvalue weighted by Gasteiger charge is 2.21. The second-order valence-electron chi connectivity index (χ2n) is 5.48. The van der Waals surface area contributed by atoms with Crippen LogP contribution in [0, 0.1) is 0 Å². The number of aryl methyl sites for hydroxylation is 1. The molecule has 3 rings (SSSR count). The van der Waals surface area contributed by atoms with Crippen LogP contribution in [0.25, 0.3) is 0 Å². The van der Waals surface area contributed by atoms with Gasteiger partial charge in [-0.05, 0) is 60.9 Å². The van der Waals surface area contributed by atoms with Crippen molar-refractivity contribution in [2.24, 2.45) is 0 Å². The minimum atomic E-state index is 0.437. The van der Waals surface area contributed by atoms with Gasteiger partial charge < -0.3 is 10.1 Å². The van der Waals surface area contributed by atoms with Gasteiger partial charge in [-0.1, -0.05) is 12.1 Å². The fraction of sp³-hybridized carbons (Fsp3) is 0.412. The van der Waals surface area contributed by atoms with Gasteiger partial charge in [-0.3, -0.25) is 0 Å². The minimum Gasteiger partial charge on any atom is -0.497 e. The Morgan fingerprint density at radius 3 is 2.95 bits per heavy atom. The molecule has 0 amide bonds. The van der Waals surface area contributed by atoms with Crippen molar-refractivity contribution in [2.45, 2.75) is 38.3 Å². The molecule has 0 aliphatic heterocycles.